The van der Waals surface area contributed by atoms with Crippen LogP contribution in [0.1, 0.15) is 5.56 Å². The highest BCUT2D eigenvalue weighted by molar-refractivity contribution is 6.32. The van der Waals surface area contributed by atoms with E-state index in [-0.39, 0.29) is 5.56 Å². The number of H-pyrrole nitrogens is 2. The average Bonchev–Trinajstić information content (AvgIpc) is 2.41. The molecular weight excluding hydrogens is 176 g/mol. The molecule has 2 aromatic rings. The number of hydrogen-bond acceptors (Lipinski definition) is 1. The van der Waals surface area contributed by atoms with Crippen molar-refractivity contribution >= 4 is 22.5 Å². The first kappa shape index (κ1) is 7.43. The largest absolute Gasteiger partial charge is 0.297 e. The predicted molar refractivity (Wildman–Crippen MR) is 48.7 cm³/mol. The first-order chi connectivity index (χ1) is 5.70. The molecule has 0 aliphatic carbocycles. The van der Waals surface area contributed by atoms with Crippen LogP contribution in [-0.2, 0) is 0 Å². The molecule has 0 aliphatic rings. The molecule has 0 fully saturated rings. The topological polar surface area (TPSA) is 48.6 Å². The molecular formula is C8H7ClN2O. The smallest absolute Gasteiger partial charge is 0.271 e. The first-order valence-electron chi connectivity index (χ1n) is 3.55. The maximum Gasteiger partial charge on any atom is 0.271 e. The Morgan fingerprint density at radius 2 is 2.08 bits per heavy atom. The average molecular weight is 183 g/mol. The van der Waals surface area contributed by atoms with E-state index in [4.69, 9.17) is 11.6 Å². The van der Waals surface area contributed by atoms with Gasteiger partial charge in [-0.2, -0.15) is 0 Å². The normalized spacial score (nSPS) is 10.8. The number of aryl methyl sites for hydroxylation is 1. The van der Waals surface area contributed by atoms with Crippen LogP contribution < -0.4 is 5.56 Å². The van der Waals surface area contributed by atoms with Gasteiger partial charge in [0.1, 0.15) is 0 Å². The van der Waals surface area contributed by atoms with Gasteiger partial charge in [-0.1, -0.05) is 11.6 Å². The van der Waals surface area contributed by atoms with Crippen molar-refractivity contribution in [3.8, 4) is 0 Å². The zero-order valence-corrected chi connectivity index (χ0v) is 7.20. The van der Waals surface area contributed by atoms with E-state index in [1.165, 1.54) is 0 Å². The van der Waals surface area contributed by atoms with Gasteiger partial charge in [0.05, 0.1) is 10.9 Å². The molecule has 0 unspecified atom stereocenters. The summed E-state index contributed by atoms with van der Waals surface area (Å²) in [5.41, 5.74) is 1.57. The zero-order chi connectivity index (χ0) is 8.72. The molecule has 0 radical (unpaired) electrons. The fourth-order valence-corrected chi connectivity index (χ4v) is 1.38. The number of fused-ring (bicyclic) bond motifs is 1. The molecule has 1 aromatic heterocycles. The van der Waals surface area contributed by atoms with Crippen LogP contribution in [0.2, 0.25) is 5.02 Å². The Labute approximate surface area is 73.3 Å². The minimum absolute atomic E-state index is 0.107. The Morgan fingerprint density at radius 1 is 1.33 bits per heavy atom. The van der Waals surface area contributed by atoms with Gasteiger partial charge in [0.2, 0.25) is 0 Å². The lowest BCUT2D eigenvalue weighted by molar-refractivity contribution is 1.08. The fourth-order valence-electron chi connectivity index (χ4n) is 1.22. The molecule has 0 saturated carbocycles. The molecule has 4 heteroatoms. The third-order valence-electron chi connectivity index (χ3n) is 1.94. The number of aromatic nitrogens is 2. The van der Waals surface area contributed by atoms with Crippen molar-refractivity contribution in [1.29, 1.82) is 0 Å². The highest BCUT2D eigenvalue weighted by Gasteiger charge is 2.05. The maximum absolute atomic E-state index is 11.1. The number of rotatable bonds is 0. The van der Waals surface area contributed by atoms with E-state index in [2.05, 4.69) is 10.2 Å². The molecule has 1 aromatic carbocycles. The summed E-state index contributed by atoms with van der Waals surface area (Å²) in [6.07, 6.45) is 0. The van der Waals surface area contributed by atoms with Gasteiger partial charge in [-0.3, -0.25) is 15.0 Å². The van der Waals surface area contributed by atoms with Crippen molar-refractivity contribution in [1.82, 2.24) is 10.2 Å². The molecule has 0 spiro atoms. The number of aromatic amines is 2. The van der Waals surface area contributed by atoms with Crippen molar-refractivity contribution in [3.05, 3.63) is 33.1 Å². The van der Waals surface area contributed by atoms with Crippen molar-refractivity contribution in [2.75, 3.05) is 0 Å². The van der Waals surface area contributed by atoms with E-state index in [1.807, 2.05) is 6.92 Å². The van der Waals surface area contributed by atoms with Gasteiger partial charge in [-0.25, -0.2) is 0 Å². The Bertz CT molecular complexity index is 483. The van der Waals surface area contributed by atoms with Gasteiger partial charge in [0, 0.05) is 5.02 Å². The SMILES string of the molecule is Cc1c(Cl)ccc2c(=O)[nH][nH]c12. The summed E-state index contributed by atoms with van der Waals surface area (Å²) in [6, 6.07) is 3.43. The summed E-state index contributed by atoms with van der Waals surface area (Å²) >= 11 is 5.86. The second-order valence-corrected chi connectivity index (χ2v) is 3.08. The molecule has 2 N–H and O–H groups in total. The molecule has 0 saturated heterocycles. The van der Waals surface area contributed by atoms with Gasteiger partial charge in [-0.15, -0.1) is 0 Å². The summed E-state index contributed by atoms with van der Waals surface area (Å²) in [5.74, 6) is 0. The number of hydrogen-bond donors (Lipinski definition) is 2. The van der Waals surface area contributed by atoms with E-state index in [0.717, 1.165) is 11.1 Å². The van der Waals surface area contributed by atoms with Crippen LogP contribution >= 0.6 is 11.6 Å². The Hall–Kier alpha value is -1.22. The lowest BCUT2D eigenvalue weighted by atomic mass is 10.2. The van der Waals surface area contributed by atoms with Gasteiger partial charge >= 0.3 is 0 Å². The minimum atomic E-state index is -0.107. The molecule has 12 heavy (non-hydrogen) atoms. The standard InChI is InChI=1S/C8H7ClN2O/c1-4-6(9)3-2-5-7(4)10-11-8(5)12/h2-3H,1H3,(H2,10,11,12). The van der Waals surface area contributed by atoms with E-state index < -0.39 is 0 Å². The zero-order valence-electron chi connectivity index (χ0n) is 6.44. The molecule has 0 bridgehead atoms. The minimum Gasteiger partial charge on any atom is -0.297 e. The third-order valence-corrected chi connectivity index (χ3v) is 2.35. The summed E-state index contributed by atoms with van der Waals surface area (Å²) in [4.78, 5) is 11.1. The van der Waals surface area contributed by atoms with E-state index in [0.29, 0.717) is 10.4 Å². The maximum atomic E-state index is 11.1. The van der Waals surface area contributed by atoms with Gasteiger partial charge in [0.15, 0.2) is 0 Å². The Balaban J connectivity index is 3.02. The van der Waals surface area contributed by atoms with Crippen LogP contribution in [0.15, 0.2) is 16.9 Å². The molecule has 3 nitrogen and oxygen atoms in total. The summed E-state index contributed by atoms with van der Waals surface area (Å²) < 4.78 is 0. The van der Waals surface area contributed by atoms with Crippen LogP contribution in [0.25, 0.3) is 10.9 Å². The quantitative estimate of drug-likeness (QED) is 0.642. The Kier molecular flexibility index (Phi) is 1.48. The fraction of sp³-hybridized carbons (Fsp3) is 0.125. The summed E-state index contributed by atoms with van der Waals surface area (Å²) in [7, 11) is 0. The molecule has 1 heterocycles. The van der Waals surface area contributed by atoms with Crippen molar-refractivity contribution < 1.29 is 0 Å². The molecule has 0 amide bonds. The first-order valence-corrected chi connectivity index (χ1v) is 3.93. The van der Waals surface area contributed by atoms with Crippen LogP contribution in [0.3, 0.4) is 0 Å². The monoisotopic (exact) mass is 182 g/mol. The van der Waals surface area contributed by atoms with E-state index in [1.54, 1.807) is 12.1 Å². The van der Waals surface area contributed by atoms with Crippen LogP contribution in [-0.4, -0.2) is 10.2 Å². The molecule has 2 rings (SSSR count). The van der Waals surface area contributed by atoms with Crippen molar-refractivity contribution in [2.45, 2.75) is 6.92 Å². The van der Waals surface area contributed by atoms with Crippen LogP contribution in [0, 0.1) is 6.92 Å². The summed E-state index contributed by atoms with van der Waals surface area (Å²) in [5, 5.41) is 6.59. The number of benzene rings is 1. The highest BCUT2D eigenvalue weighted by Crippen LogP contribution is 2.20. The second kappa shape index (κ2) is 2.38. The number of halogens is 1. The lowest BCUT2D eigenvalue weighted by Gasteiger charge is -1.96. The molecule has 0 aliphatic heterocycles. The van der Waals surface area contributed by atoms with Crippen LogP contribution in [0.4, 0.5) is 0 Å². The Morgan fingerprint density at radius 3 is 2.83 bits per heavy atom. The lowest BCUT2D eigenvalue weighted by Crippen LogP contribution is -1.96. The van der Waals surface area contributed by atoms with Gasteiger partial charge in [-0.05, 0) is 24.6 Å². The van der Waals surface area contributed by atoms with Crippen molar-refractivity contribution in [2.24, 2.45) is 0 Å². The van der Waals surface area contributed by atoms with Gasteiger partial charge in [0.25, 0.3) is 5.56 Å². The van der Waals surface area contributed by atoms with E-state index >= 15 is 0 Å². The molecule has 0 atom stereocenters. The highest BCUT2D eigenvalue weighted by atomic mass is 35.5. The van der Waals surface area contributed by atoms with E-state index in [9.17, 15) is 4.79 Å². The third kappa shape index (κ3) is 0.865. The summed E-state index contributed by atoms with van der Waals surface area (Å²) in [6.45, 7) is 1.87. The predicted octanol–water partition coefficient (Wildman–Crippen LogP) is 1.82. The van der Waals surface area contributed by atoms with Crippen molar-refractivity contribution in [3.63, 3.8) is 0 Å². The van der Waals surface area contributed by atoms with Crippen LogP contribution in [0.5, 0.6) is 0 Å². The number of nitrogens with one attached hydrogen (secondary N) is 2. The van der Waals surface area contributed by atoms with Gasteiger partial charge < -0.3 is 0 Å². The molecule has 62 valence electrons. The second-order valence-electron chi connectivity index (χ2n) is 2.67.